The quantitative estimate of drug-likeness (QED) is 0.527. The first-order valence-corrected chi connectivity index (χ1v) is 10.2. The molecule has 1 amide bonds. The fourth-order valence-electron chi connectivity index (χ4n) is 4.60. The van der Waals surface area contributed by atoms with Crippen LogP contribution in [-0.4, -0.2) is 29.2 Å². The van der Waals surface area contributed by atoms with Gasteiger partial charge in [0.15, 0.2) is 0 Å². The van der Waals surface area contributed by atoms with Crippen molar-refractivity contribution in [1.29, 1.82) is 0 Å². The van der Waals surface area contributed by atoms with E-state index < -0.39 is 0 Å². The van der Waals surface area contributed by atoms with Crippen molar-refractivity contribution in [3.05, 3.63) is 71.5 Å². The van der Waals surface area contributed by atoms with Gasteiger partial charge in [0, 0.05) is 52.9 Å². The van der Waals surface area contributed by atoms with Crippen molar-refractivity contribution >= 4 is 27.7 Å². The topological polar surface area (TPSA) is 59.0 Å². The first-order valence-electron chi connectivity index (χ1n) is 10.2. The molecule has 5 rings (SSSR count). The van der Waals surface area contributed by atoms with E-state index in [-0.39, 0.29) is 11.9 Å². The van der Waals surface area contributed by atoms with Crippen LogP contribution in [0.1, 0.15) is 40.5 Å². The zero-order chi connectivity index (χ0) is 19.8. The van der Waals surface area contributed by atoms with Crippen molar-refractivity contribution in [2.45, 2.75) is 31.8 Å². The Morgan fingerprint density at radius 3 is 2.97 bits per heavy atom. The maximum absolute atomic E-state index is 13.2. The molecule has 2 aromatic carbocycles. The number of hydrogen-bond acceptors (Lipinski definition) is 2. The molecule has 29 heavy (non-hydrogen) atoms. The normalized spacial score (nSPS) is 16.2. The van der Waals surface area contributed by atoms with Gasteiger partial charge in [0.25, 0.3) is 5.91 Å². The van der Waals surface area contributed by atoms with Crippen LogP contribution < -0.4 is 5.32 Å². The third kappa shape index (κ3) is 3.12. The standard InChI is InChI=1S/C24H25N3O2/c1-29-15-14-27-13-12-17-19(8-5-11-22(17)27)24(28)26-21-10-4-7-18-16-6-2-3-9-20(16)25-23(18)21/h2-3,5-6,8-9,11-13,21,25H,4,7,10,14-15H2,1H3,(H,26,28)/t21-/m0/s1. The van der Waals surface area contributed by atoms with Crippen molar-refractivity contribution in [1.82, 2.24) is 14.9 Å². The Morgan fingerprint density at radius 1 is 1.17 bits per heavy atom. The molecule has 2 aromatic heterocycles. The Hall–Kier alpha value is -3.05. The number of aromatic nitrogens is 2. The summed E-state index contributed by atoms with van der Waals surface area (Å²) in [5.41, 5.74) is 5.44. The van der Waals surface area contributed by atoms with Crippen LogP contribution in [0.4, 0.5) is 0 Å². The predicted molar refractivity (Wildman–Crippen MR) is 115 cm³/mol. The van der Waals surface area contributed by atoms with Crippen LogP contribution in [0, 0.1) is 0 Å². The SMILES string of the molecule is COCCn1ccc2c(C(=O)N[C@H]3CCCc4c3[nH]c3ccccc43)cccc21. The molecule has 0 saturated heterocycles. The number of nitrogens with one attached hydrogen (secondary N) is 2. The minimum atomic E-state index is -0.0170. The third-order valence-electron chi connectivity index (χ3n) is 6.01. The summed E-state index contributed by atoms with van der Waals surface area (Å²) in [7, 11) is 1.70. The van der Waals surface area contributed by atoms with Gasteiger partial charge >= 0.3 is 0 Å². The second-order valence-electron chi connectivity index (χ2n) is 7.72. The van der Waals surface area contributed by atoms with Crippen LogP contribution in [-0.2, 0) is 17.7 Å². The molecule has 1 atom stereocenters. The van der Waals surface area contributed by atoms with Gasteiger partial charge in [-0.15, -0.1) is 0 Å². The van der Waals surface area contributed by atoms with Crippen molar-refractivity contribution in [3.63, 3.8) is 0 Å². The summed E-state index contributed by atoms with van der Waals surface area (Å²) in [4.78, 5) is 16.8. The summed E-state index contributed by atoms with van der Waals surface area (Å²) in [5, 5.41) is 5.55. The monoisotopic (exact) mass is 387 g/mol. The van der Waals surface area contributed by atoms with Crippen molar-refractivity contribution in [2.24, 2.45) is 0 Å². The van der Waals surface area contributed by atoms with E-state index in [1.54, 1.807) is 7.11 Å². The summed E-state index contributed by atoms with van der Waals surface area (Å²) in [5.74, 6) is -0.0170. The summed E-state index contributed by atoms with van der Waals surface area (Å²) in [6.45, 7) is 1.41. The highest BCUT2D eigenvalue weighted by molar-refractivity contribution is 6.06. The molecule has 1 aliphatic carbocycles. The van der Waals surface area contributed by atoms with Crippen LogP contribution >= 0.6 is 0 Å². The second-order valence-corrected chi connectivity index (χ2v) is 7.72. The molecule has 0 fully saturated rings. The summed E-state index contributed by atoms with van der Waals surface area (Å²) in [6, 6.07) is 16.4. The molecule has 0 radical (unpaired) electrons. The molecule has 0 spiro atoms. The molecule has 5 heteroatoms. The lowest BCUT2D eigenvalue weighted by atomic mass is 9.91. The van der Waals surface area contributed by atoms with Gasteiger partial charge in [0.2, 0.25) is 0 Å². The average Bonchev–Trinajstić information content (AvgIpc) is 3.34. The van der Waals surface area contributed by atoms with Crippen LogP contribution in [0.3, 0.4) is 0 Å². The van der Waals surface area contributed by atoms with Gasteiger partial charge in [-0.3, -0.25) is 4.79 Å². The largest absolute Gasteiger partial charge is 0.383 e. The Labute approximate surface area is 169 Å². The molecule has 2 N–H and O–H groups in total. The zero-order valence-electron chi connectivity index (χ0n) is 16.6. The minimum Gasteiger partial charge on any atom is -0.383 e. The van der Waals surface area contributed by atoms with Gasteiger partial charge in [-0.25, -0.2) is 0 Å². The lowest BCUT2D eigenvalue weighted by Crippen LogP contribution is -2.31. The number of hydrogen-bond donors (Lipinski definition) is 2. The number of fused-ring (bicyclic) bond motifs is 4. The fourth-order valence-corrected chi connectivity index (χ4v) is 4.60. The van der Waals surface area contributed by atoms with Gasteiger partial charge in [-0.2, -0.15) is 0 Å². The molecular weight excluding hydrogens is 362 g/mol. The first kappa shape index (κ1) is 18.0. The smallest absolute Gasteiger partial charge is 0.252 e. The Morgan fingerprint density at radius 2 is 2.07 bits per heavy atom. The number of H-pyrrole nitrogens is 1. The molecule has 0 unspecified atom stereocenters. The second kappa shape index (κ2) is 7.41. The molecule has 5 nitrogen and oxygen atoms in total. The number of carbonyl (C=O) groups excluding carboxylic acids is 1. The highest BCUT2D eigenvalue weighted by Gasteiger charge is 2.26. The molecular formula is C24H25N3O2. The number of benzene rings is 2. The van der Waals surface area contributed by atoms with Crippen molar-refractivity contribution in [2.75, 3.05) is 13.7 Å². The van der Waals surface area contributed by atoms with Gasteiger partial charge in [0.05, 0.1) is 12.6 Å². The minimum absolute atomic E-state index is 0.0170. The number of para-hydroxylation sites is 1. The molecule has 2 heterocycles. The van der Waals surface area contributed by atoms with E-state index in [9.17, 15) is 4.79 Å². The van der Waals surface area contributed by atoms with Crippen LogP contribution in [0.2, 0.25) is 0 Å². The summed E-state index contributed by atoms with van der Waals surface area (Å²) < 4.78 is 7.33. The van der Waals surface area contributed by atoms with Gasteiger partial charge in [0.1, 0.15) is 0 Å². The number of aromatic amines is 1. The van der Waals surface area contributed by atoms with Crippen LogP contribution in [0.15, 0.2) is 54.7 Å². The lowest BCUT2D eigenvalue weighted by Gasteiger charge is -2.24. The zero-order valence-corrected chi connectivity index (χ0v) is 16.6. The Balaban J connectivity index is 1.45. The van der Waals surface area contributed by atoms with Crippen molar-refractivity contribution in [3.8, 4) is 0 Å². The number of aryl methyl sites for hydroxylation is 1. The number of amides is 1. The van der Waals surface area contributed by atoms with Gasteiger partial charge in [-0.05, 0) is 49.1 Å². The van der Waals surface area contributed by atoms with Crippen LogP contribution in [0.25, 0.3) is 21.8 Å². The van der Waals surface area contributed by atoms with E-state index in [4.69, 9.17) is 4.74 Å². The van der Waals surface area contributed by atoms with Gasteiger partial charge in [-0.1, -0.05) is 24.3 Å². The number of methoxy groups -OCH3 is 1. The maximum Gasteiger partial charge on any atom is 0.252 e. The third-order valence-corrected chi connectivity index (χ3v) is 6.01. The molecule has 0 saturated carbocycles. The van der Waals surface area contributed by atoms with E-state index in [0.717, 1.165) is 53.5 Å². The Bertz CT molecular complexity index is 1190. The van der Waals surface area contributed by atoms with E-state index in [2.05, 4.69) is 39.1 Å². The highest BCUT2D eigenvalue weighted by Crippen LogP contribution is 2.35. The van der Waals surface area contributed by atoms with Crippen molar-refractivity contribution < 1.29 is 9.53 Å². The number of rotatable bonds is 5. The Kier molecular flexibility index (Phi) is 4.60. The van der Waals surface area contributed by atoms with E-state index in [0.29, 0.717) is 6.61 Å². The van der Waals surface area contributed by atoms with E-state index in [1.165, 1.54) is 10.9 Å². The maximum atomic E-state index is 13.2. The summed E-state index contributed by atoms with van der Waals surface area (Å²) >= 11 is 0. The van der Waals surface area contributed by atoms with E-state index >= 15 is 0 Å². The lowest BCUT2D eigenvalue weighted by molar-refractivity contribution is 0.0933. The first-order chi connectivity index (χ1) is 14.3. The molecule has 148 valence electrons. The average molecular weight is 387 g/mol. The molecule has 4 aromatic rings. The number of nitrogens with zero attached hydrogens (tertiary/aromatic N) is 1. The predicted octanol–water partition coefficient (Wildman–Crippen LogP) is 4.58. The fraction of sp³-hybridized carbons (Fsp3) is 0.292. The molecule has 0 bridgehead atoms. The van der Waals surface area contributed by atoms with Gasteiger partial charge < -0.3 is 19.6 Å². The van der Waals surface area contributed by atoms with E-state index in [1.807, 2.05) is 30.5 Å². The molecule has 1 aliphatic rings. The molecule has 0 aliphatic heterocycles. The number of carbonyl (C=O) groups is 1. The highest BCUT2D eigenvalue weighted by atomic mass is 16.5. The summed E-state index contributed by atoms with van der Waals surface area (Å²) in [6.07, 6.45) is 5.12. The number of ether oxygens (including phenoxy) is 1. The van der Waals surface area contributed by atoms with Crippen LogP contribution in [0.5, 0.6) is 0 Å².